The predicted octanol–water partition coefficient (Wildman–Crippen LogP) is 0.888. The van der Waals surface area contributed by atoms with Crippen LogP contribution >= 0.6 is 0 Å². The van der Waals surface area contributed by atoms with E-state index in [2.05, 4.69) is 28.5 Å². The first-order valence-corrected chi connectivity index (χ1v) is 5.39. The molecular formula is C11H15N5. The van der Waals surface area contributed by atoms with E-state index in [1.54, 1.807) is 6.07 Å². The lowest BCUT2D eigenvalue weighted by Crippen LogP contribution is -2.45. The summed E-state index contributed by atoms with van der Waals surface area (Å²) in [5.74, 6) is 1.11. The number of nitrogens with one attached hydrogen (secondary N) is 1. The molecule has 1 fully saturated rings. The van der Waals surface area contributed by atoms with E-state index in [0.717, 1.165) is 0 Å². The van der Waals surface area contributed by atoms with Gasteiger partial charge in [-0.2, -0.15) is 10.4 Å². The van der Waals surface area contributed by atoms with Crippen molar-refractivity contribution in [2.45, 2.75) is 25.3 Å². The summed E-state index contributed by atoms with van der Waals surface area (Å²) in [7, 11) is 0. The third kappa shape index (κ3) is 1.97. The third-order valence-electron chi connectivity index (χ3n) is 3.15. The molecule has 1 heterocycles. The maximum absolute atomic E-state index is 8.95. The second kappa shape index (κ2) is 4.06. The standard InChI is InChI=1S/C11H15N5/c1-11(7-13,9-2-3-9)15-10-8(6-12)4-5-14-16-10/h4-5,9H,2-3,7,13H2,1H3,(H,15,16). The maximum atomic E-state index is 8.95. The Kier molecular flexibility index (Phi) is 2.75. The van der Waals surface area contributed by atoms with Crippen LogP contribution in [-0.4, -0.2) is 22.3 Å². The van der Waals surface area contributed by atoms with Crippen molar-refractivity contribution >= 4 is 5.82 Å². The summed E-state index contributed by atoms with van der Waals surface area (Å²) in [5, 5.41) is 20.0. The predicted molar refractivity (Wildman–Crippen MR) is 60.6 cm³/mol. The minimum atomic E-state index is -0.179. The van der Waals surface area contributed by atoms with E-state index in [-0.39, 0.29) is 5.54 Å². The Morgan fingerprint density at radius 2 is 2.44 bits per heavy atom. The molecule has 0 spiro atoms. The van der Waals surface area contributed by atoms with Crippen molar-refractivity contribution in [3.8, 4) is 6.07 Å². The molecule has 1 atom stereocenters. The summed E-state index contributed by atoms with van der Waals surface area (Å²) in [6, 6.07) is 3.75. The van der Waals surface area contributed by atoms with Crippen LogP contribution in [0.3, 0.4) is 0 Å². The summed E-state index contributed by atoms with van der Waals surface area (Å²) in [5.41, 5.74) is 6.12. The zero-order valence-corrected chi connectivity index (χ0v) is 9.27. The molecule has 0 aliphatic heterocycles. The van der Waals surface area contributed by atoms with Crippen LogP contribution < -0.4 is 11.1 Å². The van der Waals surface area contributed by atoms with Gasteiger partial charge in [-0.05, 0) is 31.7 Å². The van der Waals surface area contributed by atoms with Crippen LogP contribution in [0.1, 0.15) is 25.3 Å². The minimum Gasteiger partial charge on any atom is -0.361 e. The molecule has 5 heteroatoms. The van der Waals surface area contributed by atoms with Crippen LogP contribution in [0.5, 0.6) is 0 Å². The molecule has 5 nitrogen and oxygen atoms in total. The number of nitriles is 1. The van der Waals surface area contributed by atoms with Crippen molar-refractivity contribution in [2.24, 2.45) is 11.7 Å². The van der Waals surface area contributed by atoms with E-state index in [9.17, 15) is 0 Å². The molecule has 0 amide bonds. The molecule has 16 heavy (non-hydrogen) atoms. The summed E-state index contributed by atoms with van der Waals surface area (Å²) in [6.07, 6.45) is 3.88. The maximum Gasteiger partial charge on any atom is 0.167 e. The second-order valence-electron chi connectivity index (χ2n) is 4.43. The van der Waals surface area contributed by atoms with Crippen LogP contribution in [0.25, 0.3) is 0 Å². The van der Waals surface area contributed by atoms with Gasteiger partial charge < -0.3 is 11.1 Å². The van der Waals surface area contributed by atoms with Crippen LogP contribution in [-0.2, 0) is 0 Å². The average Bonchev–Trinajstić information content (AvgIpc) is 3.14. The Morgan fingerprint density at radius 3 is 3.00 bits per heavy atom. The minimum absolute atomic E-state index is 0.179. The van der Waals surface area contributed by atoms with Crippen molar-refractivity contribution in [3.63, 3.8) is 0 Å². The summed E-state index contributed by atoms with van der Waals surface area (Å²) >= 11 is 0. The fourth-order valence-corrected chi connectivity index (χ4v) is 1.83. The lowest BCUT2D eigenvalue weighted by Gasteiger charge is -2.30. The lowest BCUT2D eigenvalue weighted by atomic mass is 9.96. The van der Waals surface area contributed by atoms with E-state index in [1.165, 1.54) is 19.0 Å². The SMILES string of the molecule is CC(CN)(Nc1nnccc1C#N)C1CC1. The van der Waals surface area contributed by atoms with Gasteiger partial charge in [0, 0.05) is 6.54 Å². The molecule has 1 aliphatic rings. The van der Waals surface area contributed by atoms with Crippen molar-refractivity contribution in [1.29, 1.82) is 5.26 Å². The number of nitrogens with zero attached hydrogens (tertiary/aromatic N) is 3. The molecule has 84 valence electrons. The highest BCUT2D eigenvalue weighted by Gasteiger charge is 2.41. The molecule has 0 radical (unpaired) electrons. The molecule has 1 unspecified atom stereocenters. The first-order valence-electron chi connectivity index (χ1n) is 5.39. The number of nitrogens with two attached hydrogens (primary N) is 1. The molecule has 1 aliphatic carbocycles. The molecule has 0 saturated heterocycles. The van der Waals surface area contributed by atoms with Crippen LogP contribution in [0, 0.1) is 17.2 Å². The molecule has 1 saturated carbocycles. The van der Waals surface area contributed by atoms with Crippen LogP contribution in [0.15, 0.2) is 12.3 Å². The second-order valence-corrected chi connectivity index (χ2v) is 4.43. The first kappa shape index (κ1) is 10.8. The average molecular weight is 217 g/mol. The molecular weight excluding hydrogens is 202 g/mol. The Balaban J connectivity index is 2.22. The zero-order chi connectivity index (χ0) is 11.6. The topological polar surface area (TPSA) is 87.6 Å². The Morgan fingerprint density at radius 1 is 1.69 bits per heavy atom. The fraction of sp³-hybridized carbons (Fsp3) is 0.545. The highest BCUT2D eigenvalue weighted by Crippen LogP contribution is 2.40. The van der Waals surface area contributed by atoms with E-state index in [1.807, 2.05) is 0 Å². The zero-order valence-electron chi connectivity index (χ0n) is 9.27. The van der Waals surface area contributed by atoms with Gasteiger partial charge in [-0.3, -0.25) is 0 Å². The highest BCUT2D eigenvalue weighted by molar-refractivity contribution is 5.52. The molecule has 1 aromatic rings. The van der Waals surface area contributed by atoms with Gasteiger partial charge in [0.1, 0.15) is 6.07 Å². The van der Waals surface area contributed by atoms with Gasteiger partial charge in [-0.25, -0.2) is 0 Å². The monoisotopic (exact) mass is 217 g/mol. The fourth-order valence-electron chi connectivity index (χ4n) is 1.83. The number of aromatic nitrogens is 2. The number of hydrogen-bond acceptors (Lipinski definition) is 5. The van der Waals surface area contributed by atoms with Crippen molar-refractivity contribution in [3.05, 3.63) is 17.8 Å². The lowest BCUT2D eigenvalue weighted by molar-refractivity contribution is 0.457. The third-order valence-corrected chi connectivity index (χ3v) is 3.15. The molecule has 2 rings (SSSR count). The Hall–Kier alpha value is -1.67. The number of rotatable bonds is 4. The number of anilines is 1. The summed E-state index contributed by atoms with van der Waals surface area (Å²) < 4.78 is 0. The largest absolute Gasteiger partial charge is 0.361 e. The Labute approximate surface area is 94.7 Å². The normalized spacial score (nSPS) is 18.6. The molecule has 0 aromatic carbocycles. The summed E-state index contributed by atoms with van der Waals surface area (Å²) in [4.78, 5) is 0. The number of hydrogen-bond donors (Lipinski definition) is 2. The molecule has 3 N–H and O–H groups in total. The molecule has 0 bridgehead atoms. The quantitative estimate of drug-likeness (QED) is 0.782. The van der Waals surface area contributed by atoms with Crippen molar-refractivity contribution < 1.29 is 0 Å². The smallest absolute Gasteiger partial charge is 0.167 e. The van der Waals surface area contributed by atoms with E-state index >= 15 is 0 Å². The van der Waals surface area contributed by atoms with Gasteiger partial charge in [0.05, 0.1) is 17.3 Å². The van der Waals surface area contributed by atoms with Crippen LogP contribution in [0.2, 0.25) is 0 Å². The van der Waals surface area contributed by atoms with E-state index in [0.29, 0.717) is 23.8 Å². The van der Waals surface area contributed by atoms with Gasteiger partial charge in [0.15, 0.2) is 5.82 Å². The van der Waals surface area contributed by atoms with Crippen LogP contribution in [0.4, 0.5) is 5.82 Å². The first-order chi connectivity index (χ1) is 7.69. The van der Waals surface area contributed by atoms with Gasteiger partial charge in [0.25, 0.3) is 0 Å². The van der Waals surface area contributed by atoms with E-state index in [4.69, 9.17) is 11.0 Å². The van der Waals surface area contributed by atoms with Gasteiger partial charge in [0.2, 0.25) is 0 Å². The van der Waals surface area contributed by atoms with Crippen molar-refractivity contribution in [1.82, 2.24) is 10.2 Å². The molecule has 1 aromatic heterocycles. The van der Waals surface area contributed by atoms with Gasteiger partial charge in [-0.1, -0.05) is 0 Å². The van der Waals surface area contributed by atoms with Gasteiger partial charge >= 0.3 is 0 Å². The van der Waals surface area contributed by atoms with Gasteiger partial charge in [-0.15, -0.1) is 5.10 Å². The highest BCUT2D eigenvalue weighted by atomic mass is 15.2. The van der Waals surface area contributed by atoms with E-state index < -0.39 is 0 Å². The Bertz CT molecular complexity index is 421. The summed E-state index contributed by atoms with van der Waals surface area (Å²) in [6.45, 7) is 2.60. The van der Waals surface area contributed by atoms with Crippen molar-refractivity contribution in [2.75, 3.05) is 11.9 Å².